The van der Waals surface area contributed by atoms with Gasteiger partial charge in [-0.15, -0.1) is 0 Å². The van der Waals surface area contributed by atoms with Crippen LogP contribution in [0.15, 0.2) is 24.3 Å². The number of para-hydroxylation sites is 1. The number of hydrogen-bond acceptors (Lipinski definition) is 5. The van der Waals surface area contributed by atoms with E-state index in [-0.39, 0.29) is 23.5 Å². The van der Waals surface area contributed by atoms with Gasteiger partial charge in [0.25, 0.3) is 5.91 Å². The molecule has 0 radical (unpaired) electrons. The topological polar surface area (TPSA) is 87.5 Å². The number of amides is 1. The van der Waals surface area contributed by atoms with E-state index in [1.807, 2.05) is 13.0 Å². The lowest BCUT2D eigenvalue weighted by atomic mass is 10.2. The maximum absolute atomic E-state index is 12.6. The van der Waals surface area contributed by atoms with E-state index in [1.54, 1.807) is 36.1 Å². The molecule has 1 fully saturated rings. The van der Waals surface area contributed by atoms with Crippen LogP contribution in [-0.2, 0) is 14.6 Å². The minimum atomic E-state index is -3.06. The van der Waals surface area contributed by atoms with E-state index in [4.69, 9.17) is 10.00 Å². The Balaban J connectivity index is 2.10. The largest absolute Gasteiger partial charge is 0.480 e. The van der Waals surface area contributed by atoms with Gasteiger partial charge in [0.15, 0.2) is 15.9 Å². The highest BCUT2D eigenvalue weighted by Crippen LogP contribution is 2.21. The Morgan fingerprint density at radius 1 is 1.48 bits per heavy atom. The number of nitrogens with zero attached hydrogens (tertiary/aromatic N) is 2. The molecule has 0 bridgehead atoms. The minimum absolute atomic E-state index is 0.00802. The molecule has 0 N–H and O–H groups in total. The fourth-order valence-corrected chi connectivity index (χ4v) is 4.48. The Morgan fingerprint density at radius 3 is 2.74 bits per heavy atom. The van der Waals surface area contributed by atoms with Gasteiger partial charge in [-0.1, -0.05) is 12.1 Å². The molecule has 1 aromatic carbocycles. The number of sulfone groups is 1. The Labute approximate surface area is 136 Å². The van der Waals surface area contributed by atoms with Crippen LogP contribution in [0.25, 0.3) is 0 Å². The zero-order valence-electron chi connectivity index (χ0n) is 13.2. The first-order chi connectivity index (χ1) is 10.9. The van der Waals surface area contributed by atoms with Crippen molar-refractivity contribution < 1.29 is 17.9 Å². The summed E-state index contributed by atoms with van der Waals surface area (Å²) in [5.74, 6) is 0.218. The lowest BCUT2D eigenvalue weighted by molar-refractivity contribution is -0.139. The average molecular weight is 336 g/mol. The highest BCUT2D eigenvalue weighted by atomic mass is 32.2. The molecule has 0 spiro atoms. The molecular weight excluding hydrogens is 316 g/mol. The fourth-order valence-electron chi connectivity index (χ4n) is 2.75. The number of nitriles is 1. The summed E-state index contributed by atoms with van der Waals surface area (Å²) in [6, 6.07) is 8.43. The smallest absolute Gasteiger partial charge is 0.263 e. The van der Waals surface area contributed by atoms with Gasteiger partial charge in [0, 0.05) is 12.6 Å². The molecule has 2 atom stereocenters. The van der Waals surface area contributed by atoms with E-state index < -0.39 is 15.9 Å². The predicted octanol–water partition coefficient (Wildman–Crippen LogP) is 1.36. The highest BCUT2D eigenvalue weighted by molar-refractivity contribution is 7.91. The van der Waals surface area contributed by atoms with Gasteiger partial charge < -0.3 is 9.64 Å². The first-order valence-corrected chi connectivity index (χ1v) is 9.36. The maximum Gasteiger partial charge on any atom is 0.263 e. The Kier molecular flexibility index (Phi) is 5.26. The number of hydrogen-bond donors (Lipinski definition) is 0. The Bertz CT molecular complexity index is 724. The second-order valence-corrected chi connectivity index (χ2v) is 7.78. The summed E-state index contributed by atoms with van der Waals surface area (Å²) >= 11 is 0. The third-order valence-corrected chi connectivity index (χ3v) is 5.68. The van der Waals surface area contributed by atoms with Crippen LogP contribution in [0.2, 0.25) is 0 Å². The molecular formula is C16H20N2O4S. The number of rotatable bonds is 5. The third-order valence-electron chi connectivity index (χ3n) is 3.93. The average Bonchev–Trinajstić information content (AvgIpc) is 2.88. The van der Waals surface area contributed by atoms with Crippen molar-refractivity contribution >= 4 is 15.7 Å². The molecule has 1 heterocycles. The standard InChI is InChI=1S/C16H20N2O4S/c1-3-18(14-8-9-23(20,21)11-14)16(19)12(2)22-15-7-5-4-6-13(15)10-17/h4-7,12,14H,3,8-9,11H2,1-2H3. The van der Waals surface area contributed by atoms with Crippen molar-refractivity contribution in [3.8, 4) is 11.8 Å². The Morgan fingerprint density at radius 2 is 2.17 bits per heavy atom. The van der Waals surface area contributed by atoms with Crippen LogP contribution >= 0.6 is 0 Å². The van der Waals surface area contributed by atoms with Crippen LogP contribution in [0.5, 0.6) is 5.75 Å². The molecule has 23 heavy (non-hydrogen) atoms. The summed E-state index contributed by atoms with van der Waals surface area (Å²) in [7, 11) is -3.06. The van der Waals surface area contributed by atoms with Gasteiger partial charge in [0.1, 0.15) is 11.8 Å². The lowest BCUT2D eigenvalue weighted by Gasteiger charge is -2.29. The van der Waals surface area contributed by atoms with E-state index in [9.17, 15) is 13.2 Å². The van der Waals surface area contributed by atoms with Gasteiger partial charge in [-0.05, 0) is 32.4 Å². The monoisotopic (exact) mass is 336 g/mol. The molecule has 7 heteroatoms. The summed E-state index contributed by atoms with van der Waals surface area (Å²) < 4.78 is 28.9. The van der Waals surface area contributed by atoms with Gasteiger partial charge in [0.2, 0.25) is 0 Å². The zero-order chi connectivity index (χ0) is 17.0. The number of likely N-dealkylation sites (N-methyl/N-ethyl adjacent to an activating group) is 1. The molecule has 1 aliphatic heterocycles. The molecule has 0 aliphatic carbocycles. The number of carbonyl (C=O) groups is 1. The van der Waals surface area contributed by atoms with Crippen LogP contribution in [-0.4, -0.2) is 49.4 Å². The molecule has 1 aromatic rings. The summed E-state index contributed by atoms with van der Waals surface area (Å²) in [4.78, 5) is 14.2. The molecule has 6 nitrogen and oxygen atoms in total. The fraction of sp³-hybridized carbons (Fsp3) is 0.500. The summed E-state index contributed by atoms with van der Waals surface area (Å²) in [5.41, 5.74) is 0.360. The first kappa shape index (κ1) is 17.3. The molecule has 2 unspecified atom stereocenters. The van der Waals surface area contributed by atoms with Crippen molar-refractivity contribution in [2.24, 2.45) is 0 Å². The molecule has 2 rings (SSSR count). The van der Waals surface area contributed by atoms with E-state index in [0.29, 0.717) is 24.3 Å². The van der Waals surface area contributed by atoms with Crippen LogP contribution in [0.3, 0.4) is 0 Å². The van der Waals surface area contributed by atoms with Crippen LogP contribution in [0.4, 0.5) is 0 Å². The van der Waals surface area contributed by atoms with Gasteiger partial charge in [0.05, 0.1) is 17.1 Å². The van der Waals surface area contributed by atoms with Crippen molar-refractivity contribution in [2.45, 2.75) is 32.4 Å². The third kappa shape index (κ3) is 4.02. The molecule has 1 aliphatic rings. The summed E-state index contributed by atoms with van der Waals surface area (Å²) in [6.45, 7) is 3.86. The Hall–Kier alpha value is -2.07. The van der Waals surface area contributed by atoms with Gasteiger partial charge >= 0.3 is 0 Å². The summed E-state index contributed by atoms with van der Waals surface area (Å²) in [5, 5.41) is 9.06. The molecule has 0 saturated carbocycles. The zero-order valence-corrected chi connectivity index (χ0v) is 14.0. The van der Waals surface area contributed by atoms with Crippen molar-refractivity contribution in [3.63, 3.8) is 0 Å². The molecule has 124 valence electrons. The van der Waals surface area contributed by atoms with E-state index in [2.05, 4.69) is 0 Å². The van der Waals surface area contributed by atoms with Crippen LogP contribution in [0.1, 0.15) is 25.8 Å². The van der Waals surface area contributed by atoms with E-state index in [0.717, 1.165) is 0 Å². The lowest BCUT2D eigenvalue weighted by Crippen LogP contribution is -2.46. The molecule has 0 aromatic heterocycles. The molecule has 1 saturated heterocycles. The van der Waals surface area contributed by atoms with Crippen molar-refractivity contribution in [1.82, 2.24) is 4.90 Å². The highest BCUT2D eigenvalue weighted by Gasteiger charge is 2.35. The van der Waals surface area contributed by atoms with Crippen LogP contribution in [0, 0.1) is 11.3 Å². The van der Waals surface area contributed by atoms with Crippen molar-refractivity contribution in [1.29, 1.82) is 5.26 Å². The van der Waals surface area contributed by atoms with Gasteiger partial charge in [-0.3, -0.25) is 4.79 Å². The maximum atomic E-state index is 12.6. The van der Waals surface area contributed by atoms with Crippen LogP contribution < -0.4 is 4.74 Å². The first-order valence-electron chi connectivity index (χ1n) is 7.54. The van der Waals surface area contributed by atoms with Crippen molar-refractivity contribution in [3.05, 3.63) is 29.8 Å². The van der Waals surface area contributed by atoms with E-state index in [1.165, 1.54) is 0 Å². The number of ether oxygens (including phenoxy) is 1. The van der Waals surface area contributed by atoms with E-state index >= 15 is 0 Å². The molecule has 1 amide bonds. The normalized spacial score (nSPS) is 20.5. The number of carbonyl (C=O) groups excluding carboxylic acids is 1. The quantitative estimate of drug-likeness (QED) is 0.810. The SMILES string of the molecule is CCN(C(=O)C(C)Oc1ccccc1C#N)C1CCS(=O)(=O)C1. The van der Waals surface area contributed by atoms with Gasteiger partial charge in [-0.25, -0.2) is 8.42 Å². The van der Waals surface area contributed by atoms with Gasteiger partial charge in [-0.2, -0.15) is 5.26 Å². The second kappa shape index (κ2) is 7.01. The predicted molar refractivity (Wildman–Crippen MR) is 85.7 cm³/mol. The van der Waals surface area contributed by atoms with Crippen molar-refractivity contribution in [2.75, 3.05) is 18.1 Å². The number of benzene rings is 1. The minimum Gasteiger partial charge on any atom is -0.480 e. The summed E-state index contributed by atoms with van der Waals surface area (Å²) in [6.07, 6.45) is -0.323. The second-order valence-electron chi connectivity index (χ2n) is 5.55.